The van der Waals surface area contributed by atoms with Crippen LogP contribution in [0, 0.1) is 0 Å². The Labute approximate surface area is 432 Å². The summed E-state index contributed by atoms with van der Waals surface area (Å²) in [5.74, 6) is 0. The number of hydrogen-bond acceptors (Lipinski definition) is 1. The van der Waals surface area contributed by atoms with Crippen molar-refractivity contribution in [1.82, 2.24) is 4.57 Å². The highest BCUT2D eigenvalue weighted by Gasteiger charge is 2.19. The predicted octanol–water partition coefficient (Wildman–Crippen LogP) is 20.1. The van der Waals surface area contributed by atoms with E-state index in [2.05, 4.69) is 295 Å². The van der Waals surface area contributed by atoms with Gasteiger partial charge in [0.15, 0.2) is 0 Å². The highest BCUT2D eigenvalue weighted by molar-refractivity contribution is 6.11. The van der Waals surface area contributed by atoms with Crippen LogP contribution in [-0.2, 0) is 17.3 Å². The van der Waals surface area contributed by atoms with E-state index in [1.54, 1.807) is 0 Å². The average molecular weight is 945 g/mol. The summed E-state index contributed by atoms with van der Waals surface area (Å²) in [5, 5.41) is 2.47. The van der Waals surface area contributed by atoms with Crippen LogP contribution in [0.4, 0.5) is 17.1 Å². The molecule has 1 aromatic heterocycles. The third kappa shape index (κ3) is 9.66. The highest BCUT2D eigenvalue weighted by atomic mass is 15.1. The zero-order chi connectivity index (χ0) is 50.3. The van der Waals surface area contributed by atoms with Crippen molar-refractivity contribution < 1.29 is 0 Å². The normalized spacial score (nSPS) is 11.9. The highest BCUT2D eigenvalue weighted by Crippen LogP contribution is 2.41. The van der Waals surface area contributed by atoms with E-state index in [0.29, 0.717) is 0 Å². The molecule has 0 amide bonds. The molecule has 0 bridgehead atoms. The van der Waals surface area contributed by atoms with E-state index >= 15 is 0 Å². The third-order valence-corrected chi connectivity index (χ3v) is 14.7. The zero-order valence-corrected chi connectivity index (χ0v) is 43.3. The van der Waals surface area contributed by atoms with Crippen molar-refractivity contribution in [2.24, 2.45) is 0 Å². The first-order valence-electron chi connectivity index (χ1n) is 26.0. The molecule has 11 aromatic rings. The van der Waals surface area contributed by atoms with Crippen LogP contribution in [0.25, 0.3) is 83.1 Å². The fraction of sp³-hybridized carbons (Fsp3) is 0.155. The second-order valence-corrected chi connectivity index (χ2v) is 21.8. The van der Waals surface area contributed by atoms with Gasteiger partial charge in [0.2, 0.25) is 0 Å². The largest absolute Gasteiger partial charge is 0.311 e. The Bertz CT molecular complexity index is 3680. The Morgan fingerprint density at radius 1 is 0.329 bits per heavy atom. The van der Waals surface area contributed by atoms with Crippen molar-refractivity contribution in [3.05, 3.63) is 253 Å². The lowest BCUT2D eigenvalue weighted by atomic mass is 9.86. The summed E-state index contributed by atoms with van der Waals surface area (Å²) in [6.07, 6.45) is 2.26. The average Bonchev–Trinajstić information content (AvgIpc) is 3.75. The molecule has 0 aliphatic carbocycles. The summed E-state index contributed by atoms with van der Waals surface area (Å²) in [6.45, 7) is 15.8. The third-order valence-electron chi connectivity index (χ3n) is 14.7. The van der Waals surface area contributed by atoms with Crippen LogP contribution in [0.2, 0.25) is 0 Å². The Kier molecular flexibility index (Phi) is 12.5. The van der Waals surface area contributed by atoms with Crippen molar-refractivity contribution >= 4 is 38.9 Å². The topological polar surface area (TPSA) is 8.17 Å². The fourth-order valence-electron chi connectivity index (χ4n) is 10.5. The van der Waals surface area contributed by atoms with Gasteiger partial charge in [0, 0.05) is 33.5 Å². The van der Waals surface area contributed by atoms with Crippen LogP contribution < -0.4 is 4.90 Å². The molecule has 0 radical (unpaired) electrons. The maximum absolute atomic E-state index is 2.43. The van der Waals surface area contributed by atoms with Crippen molar-refractivity contribution in [3.8, 4) is 61.3 Å². The second-order valence-electron chi connectivity index (χ2n) is 21.8. The number of aromatic nitrogens is 1. The summed E-state index contributed by atoms with van der Waals surface area (Å²) >= 11 is 0. The monoisotopic (exact) mass is 945 g/mol. The SMILES string of the molecule is CCCc1ccc(-c2ccc(N(c3ccc(-c4cccc(-c5ccc6c(c5)c5cc(-c7ccccc7)ccc5n6-c5ccc(-c6ccc(C(C)(C)C)cc6)cc5)c4)cc3)c3ccc(C(C)(C)C)cc3)cc2)cc1. The van der Waals surface area contributed by atoms with Gasteiger partial charge < -0.3 is 9.47 Å². The lowest BCUT2D eigenvalue weighted by Crippen LogP contribution is -2.13. The van der Waals surface area contributed by atoms with Crippen LogP contribution in [0.5, 0.6) is 0 Å². The van der Waals surface area contributed by atoms with Crippen LogP contribution in [0.15, 0.2) is 237 Å². The molecule has 11 rings (SSSR count). The molecule has 0 spiro atoms. The number of hydrogen-bond donors (Lipinski definition) is 0. The van der Waals surface area contributed by atoms with Crippen LogP contribution in [0.3, 0.4) is 0 Å². The Balaban J connectivity index is 0.930. The van der Waals surface area contributed by atoms with E-state index in [0.717, 1.165) is 35.6 Å². The lowest BCUT2D eigenvalue weighted by Gasteiger charge is -2.27. The molecule has 73 heavy (non-hydrogen) atoms. The molecule has 358 valence electrons. The molecule has 2 heteroatoms. The van der Waals surface area contributed by atoms with Crippen LogP contribution in [0.1, 0.15) is 71.6 Å². The number of anilines is 3. The summed E-state index contributed by atoms with van der Waals surface area (Å²) in [4.78, 5) is 2.37. The molecule has 0 saturated heterocycles. The molecule has 0 saturated carbocycles. The molecule has 0 aliphatic heterocycles. The molecule has 0 unspecified atom stereocenters. The van der Waals surface area contributed by atoms with E-state index < -0.39 is 0 Å². The van der Waals surface area contributed by atoms with Gasteiger partial charge in [0.25, 0.3) is 0 Å². The smallest absolute Gasteiger partial charge is 0.0541 e. The second kappa shape index (κ2) is 19.4. The summed E-state index contributed by atoms with van der Waals surface area (Å²) in [6, 6.07) is 87.9. The number of rotatable bonds is 11. The first-order valence-corrected chi connectivity index (χ1v) is 26.0. The molecule has 0 N–H and O–H groups in total. The minimum Gasteiger partial charge on any atom is -0.311 e. The maximum atomic E-state index is 2.43. The first kappa shape index (κ1) is 47.1. The van der Waals surface area contributed by atoms with Crippen molar-refractivity contribution in [3.63, 3.8) is 0 Å². The van der Waals surface area contributed by atoms with Crippen molar-refractivity contribution in [2.45, 2.75) is 72.1 Å². The van der Waals surface area contributed by atoms with Crippen molar-refractivity contribution in [1.29, 1.82) is 0 Å². The van der Waals surface area contributed by atoms with Crippen molar-refractivity contribution in [2.75, 3.05) is 4.90 Å². The minimum atomic E-state index is 0.0674. The molecule has 0 atom stereocenters. The molecule has 1 heterocycles. The summed E-state index contributed by atoms with van der Waals surface area (Å²) < 4.78 is 2.43. The number of benzene rings is 10. The van der Waals surface area contributed by atoms with Gasteiger partial charge in [0.1, 0.15) is 0 Å². The number of aryl methyl sites for hydroxylation is 1. The molecule has 2 nitrogen and oxygen atoms in total. The van der Waals surface area contributed by atoms with Crippen LogP contribution in [-0.4, -0.2) is 4.57 Å². The van der Waals surface area contributed by atoms with E-state index in [1.165, 1.54) is 94.1 Å². The maximum Gasteiger partial charge on any atom is 0.0541 e. The zero-order valence-electron chi connectivity index (χ0n) is 43.3. The van der Waals surface area contributed by atoms with E-state index in [1.807, 2.05) is 0 Å². The molecule has 10 aromatic carbocycles. The summed E-state index contributed by atoms with van der Waals surface area (Å²) in [5.41, 5.74) is 23.2. The molecule has 0 aliphatic rings. The Morgan fingerprint density at radius 2 is 0.671 bits per heavy atom. The van der Waals surface area contributed by atoms with Gasteiger partial charge in [-0.05, 0) is 168 Å². The fourth-order valence-corrected chi connectivity index (χ4v) is 10.5. The number of fused-ring (bicyclic) bond motifs is 3. The summed E-state index contributed by atoms with van der Waals surface area (Å²) in [7, 11) is 0. The molecular weight excluding hydrogens is 881 g/mol. The number of nitrogens with zero attached hydrogens (tertiary/aromatic N) is 2. The van der Waals surface area contributed by atoms with E-state index in [-0.39, 0.29) is 10.8 Å². The van der Waals surface area contributed by atoms with Gasteiger partial charge in [-0.15, -0.1) is 0 Å². The Morgan fingerprint density at radius 3 is 1.15 bits per heavy atom. The van der Waals surface area contributed by atoms with Gasteiger partial charge in [-0.25, -0.2) is 0 Å². The van der Waals surface area contributed by atoms with Gasteiger partial charge in [0.05, 0.1) is 11.0 Å². The van der Waals surface area contributed by atoms with Gasteiger partial charge in [-0.2, -0.15) is 0 Å². The van der Waals surface area contributed by atoms with E-state index in [4.69, 9.17) is 0 Å². The van der Waals surface area contributed by atoms with Gasteiger partial charge >= 0.3 is 0 Å². The van der Waals surface area contributed by atoms with Gasteiger partial charge in [-0.1, -0.05) is 213 Å². The lowest BCUT2D eigenvalue weighted by molar-refractivity contribution is 0.590. The van der Waals surface area contributed by atoms with E-state index in [9.17, 15) is 0 Å². The Hall–Kier alpha value is -8.20. The quantitative estimate of drug-likeness (QED) is 0.125. The van der Waals surface area contributed by atoms with Crippen LogP contribution >= 0.6 is 0 Å². The van der Waals surface area contributed by atoms with Gasteiger partial charge in [-0.3, -0.25) is 0 Å². The predicted molar refractivity (Wildman–Crippen MR) is 314 cm³/mol. The molecule has 0 fully saturated rings. The molecular formula is C71H64N2. The standard InChI is InChI=1S/C71H64N2/c1-8-13-49-18-20-51(21-19-49)53-24-36-62(37-25-53)72(64-42-34-61(35-43-64)71(5,6)7)63-38-28-55(29-39-63)56-16-12-17-57(46-56)59-31-45-69-67(48-59)66-47-58(50-14-10-9-11-15-50)30-44-68(66)73(69)65-40-26-54(27-41-65)52-22-32-60(33-23-52)70(2,3)4/h9-12,14-48H,8,13H2,1-7H3. The first-order chi connectivity index (χ1) is 35.4. The minimum absolute atomic E-state index is 0.0674.